The topological polar surface area (TPSA) is 74.8 Å². The Kier molecular flexibility index (Phi) is 7.14. The minimum Gasteiger partial charge on any atom is -0.488 e. The molecule has 1 amide bonds. The maximum Gasteiger partial charge on any atom is 0.223 e. The van der Waals surface area contributed by atoms with Gasteiger partial charge in [-0.25, -0.2) is 0 Å². The first-order valence-electron chi connectivity index (χ1n) is 8.23. The van der Waals surface area contributed by atoms with E-state index in [0.29, 0.717) is 19.6 Å². The third-order valence-electron chi connectivity index (χ3n) is 4.10. The van der Waals surface area contributed by atoms with Gasteiger partial charge in [-0.15, -0.1) is 24.0 Å². The summed E-state index contributed by atoms with van der Waals surface area (Å²) >= 11 is 0. The van der Waals surface area contributed by atoms with Crippen molar-refractivity contribution in [3.05, 3.63) is 29.8 Å². The third-order valence-corrected chi connectivity index (χ3v) is 4.10. The smallest absolute Gasteiger partial charge is 0.223 e. The summed E-state index contributed by atoms with van der Waals surface area (Å²) in [6.45, 7) is 1.97. The molecule has 0 radical (unpaired) electrons. The van der Waals surface area contributed by atoms with E-state index < -0.39 is 0 Å². The largest absolute Gasteiger partial charge is 0.488 e. The Morgan fingerprint density at radius 1 is 1.21 bits per heavy atom. The molecule has 1 unspecified atom stereocenters. The quantitative estimate of drug-likeness (QED) is 0.268. The number of rotatable bonds is 6. The zero-order valence-electron chi connectivity index (χ0n) is 13.9. The molecular weight excluding hydrogens is 419 g/mol. The summed E-state index contributed by atoms with van der Waals surface area (Å²) < 4.78 is 5.89. The van der Waals surface area contributed by atoms with Gasteiger partial charge in [-0.2, -0.15) is 0 Å². The van der Waals surface area contributed by atoms with Crippen molar-refractivity contribution in [2.45, 2.75) is 25.4 Å². The number of carbonyl (C=O) groups is 1. The molecule has 1 aromatic rings. The Labute approximate surface area is 159 Å². The average molecular weight is 444 g/mol. The standard InChI is InChI=1S/C17H24N4O2.HI/c1-18-17(20-9-8-19-16(22)12-6-7-12)21-11-14-10-13-4-2-3-5-15(13)23-14;/h2-5,12,14H,6-11H2,1H3,(H,19,22)(H2,18,20,21);1H. The predicted molar refractivity (Wildman–Crippen MR) is 105 cm³/mol. The van der Waals surface area contributed by atoms with Gasteiger partial charge in [-0.1, -0.05) is 18.2 Å². The number of amides is 1. The van der Waals surface area contributed by atoms with E-state index in [-0.39, 0.29) is 41.9 Å². The summed E-state index contributed by atoms with van der Waals surface area (Å²) in [5.41, 5.74) is 1.25. The molecule has 0 aromatic heterocycles. The fraction of sp³-hybridized carbons (Fsp3) is 0.529. The van der Waals surface area contributed by atoms with Crippen molar-refractivity contribution in [3.63, 3.8) is 0 Å². The van der Waals surface area contributed by atoms with Crippen LogP contribution in [0.2, 0.25) is 0 Å². The van der Waals surface area contributed by atoms with Gasteiger partial charge in [0.2, 0.25) is 5.91 Å². The van der Waals surface area contributed by atoms with Gasteiger partial charge >= 0.3 is 0 Å². The lowest BCUT2D eigenvalue weighted by atomic mass is 10.1. The van der Waals surface area contributed by atoms with Gasteiger partial charge < -0.3 is 20.7 Å². The molecule has 2 aliphatic rings. The Bertz CT molecular complexity index is 565. The van der Waals surface area contributed by atoms with Crippen molar-refractivity contribution in [3.8, 4) is 5.75 Å². The summed E-state index contributed by atoms with van der Waals surface area (Å²) in [7, 11) is 1.74. The molecule has 1 aromatic carbocycles. The highest BCUT2D eigenvalue weighted by atomic mass is 127. The van der Waals surface area contributed by atoms with E-state index in [1.165, 1.54) is 5.56 Å². The van der Waals surface area contributed by atoms with Gasteiger partial charge in [0.15, 0.2) is 5.96 Å². The number of nitrogens with zero attached hydrogens (tertiary/aromatic N) is 1. The zero-order chi connectivity index (χ0) is 16.1. The van der Waals surface area contributed by atoms with E-state index in [9.17, 15) is 4.79 Å². The van der Waals surface area contributed by atoms with Crippen LogP contribution in [-0.4, -0.2) is 44.7 Å². The first-order valence-corrected chi connectivity index (χ1v) is 8.23. The molecule has 3 N–H and O–H groups in total. The number of halogens is 1. The van der Waals surface area contributed by atoms with Crippen LogP contribution in [0.3, 0.4) is 0 Å². The molecule has 3 rings (SSSR count). The second-order valence-corrected chi connectivity index (χ2v) is 6.00. The van der Waals surface area contributed by atoms with Crippen LogP contribution in [0.25, 0.3) is 0 Å². The first-order chi connectivity index (χ1) is 11.3. The molecule has 6 nitrogen and oxygen atoms in total. The molecule has 24 heavy (non-hydrogen) atoms. The molecule has 0 bridgehead atoms. The highest BCUT2D eigenvalue weighted by Crippen LogP contribution is 2.28. The number of hydrogen-bond acceptors (Lipinski definition) is 3. The van der Waals surface area contributed by atoms with Crippen molar-refractivity contribution < 1.29 is 9.53 Å². The molecule has 132 valence electrons. The molecule has 1 atom stereocenters. The van der Waals surface area contributed by atoms with Crippen LogP contribution in [0.15, 0.2) is 29.3 Å². The Morgan fingerprint density at radius 2 is 1.96 bits per heavy atom. The Balaban J connectivity index is 0.00000208. The fourth-order valence-electron chi connectivity index (χ4n) is 2.66. The zero-order valence-corrected chi connectivity index (χ0v) is 16.2. The lowest BCUT2D eigenvalue weighted by Gasteiger charge is -2.15. The molecule has 0 saturated heterocycles. The van der Waals surface area contributed by atoms with Crippen LogP contribution < -0.4 is 20.7 Å². The number of ether oxygens (including phenoxy) is 1. The molecule has 1 aliphatic carbocycles. The number of guanidine groups is 1. The van der Waals surface area contributed by atoms with E-state index >= 15 is 0 Å². The highest BCUT2D eigenvalue weighted by molar-refractivity contribution is 14.0. The van der Waals surface area contributed by atoms with Crippen molar-refractivity contribution in [1.29, 1.82) is 0 Å². The predicted octanol–water partition coefficient (Wildman–Crippen LogP) is 1.30. The molecular formula is C17H25IN4O2. The van der Waals surface area contributed by atoms with Crippen molar-refractivity contribution in [2.24, 2.45) is 10.9 Å². The van der Waals surface area contributed by atoms with Crippen molar-refractivity contribution in [2.75, 3.05) is 26.7 Å². The van der Waals surface area contributed by atoms with E-state index in [1.807, 2.05) is 18.2 Å². The summed E-state index contributed by atoms with van der Waals surface area (Å²) in [4.78, 5) is 15.7. The van der Waals surface area contributed by atoms with Gasteiger partial charge in [0.05, 0.1) is 6.54 Å². The summed E-state index contributed by atoms with van der Waals surface area (Å²) in [6, 6.07) is 8.13. The van der Waals surface area contributed by atoms with Crippen LogP contribution in [-0.2, 0) is 11.2 Å². The first kappa shape index (κ1) is 18.8. The fourth-order valence-corrected chi connectivity index (χ4v) is 2.66. The van der Waals surface area contributed by atoms with Crippen LogP contribution in [0, 0.1) is 5.92 Å². The van der Waals surface area contributed by atoms with Crippen LogP contribution in [0.5, 0.6) is 5.75 Å². The van der Waals surface area contributed by atoms with Crippen LogP contribution in [0.1, 0.15) is 18.4 Å². The summed E-state index contributed by atoms with van der Waals surface area (Å²) in [5, 5.41) is 9.39. The number of benzene rings is 1. The highest BCUT2D eigenvalue weighted by Gasteiger charge is 2.29. The minimum atomic E-state index is 0. The lowest BCUT2D eigenvalue weighted by molar-refractivity contribution is -0.122. The normalized spacial score (nSPS) is 18.9. The van der Waals surface area contributed by atoms with Gasteiger partial charge in [-0.3, -0.25) is 9.79 Å². The number of carbonyl (C=O) groups excluding carboxylic acids is 1. The molecule has 0 spiro atoms. The van der Waals surface area contributed by atoms with E-state index in [0.717, 1.165) is 31.0 Å². The molecule has 1 heterocycles. The second-order valence-electron chi connectivity index (χ2n) is 6.00. The number of fused-ring (bicyclic) bond motifs is 1. The average Bonchev–Trinajstić information content (AvgIpc) is 3.33. The van der Waals surface area contributed by atoms with Gasteiger partial charge in [0.1, 0.15) is 11.9 Å². The van der Waals surface area contributed by atoms with Gasteiger partial charge in [0.25, 0.3) is 0 Å². The third kappa shape index (κ3) is 5.25. The van der Waals surface area contributed by atoms with Crippen molar-refractivity contribution in [1.82, 2.24) is 16.0 Å². The number of aliphatic imine (C=N–C) groups is 1. The van der Waals surface area contributed by atoms with Crippen molar-refractivity contribution >= 4 is 35.8 Å². The minimum absolute atomic E-state index is 0. The number of para-hydroxylation sites is 1. The van der Waals surface area contributed by atoms with Gasteiger partial charge in [0, 0.05) is 32.5 Å². The Hall–Kier alpha value is -1.51. The lowest BCUT2D eigenvalue weighted by Crippen LogP contribution is -2.44. The maximum atomic E-state index is 11.5. The maximum absolute atomic E-state index is 11.5. The Morgan fingerprint density at radius 3 is 2.67 bits per heavy atom. The van der Waals surface area contributed by atoms with Gasteiger partial charge in [-0.05, 0) is 24.5 Å². The molecule has 1 aliphatic heterocycles. The van der Waals surface area contributed by atoms with E-state index in [2.05, 4.69) is 27.0 Å². The summed E-state index contributed by atoms with van der Waals surface area (Å²) in [5.74, 6) is 2.13. The second kappa shape index (κ2) is 9.10. The van der Waals surface area contributed by atoms with Crippen LogP contribution >= 0.6 is 24.0 Å². The SMILES string of the molecule is CN=C(NCCNC(=O)C1CC1)NCC1Cc2ccccc2O1.I. The summed E-state index contributed by atoms with van der Waals surface area (Å²) in [6.07, 6.45) is 3.11. The molecule has 7 heteroatoms. The van der Waals surface area contributed by atoms with Crippen LogP contribution in [0.4, 0.5) is 0 Å². The van der Waals surface area contributed by atoms with E-state index in [4.69, 9.17) is 4.74 Å². The number of nitrogens with one attached hydrogen (secondary N) is 3. The monoisotopic (exact) mass is 444 g/mol. The van der Waals surface area contributed by atoms with E-state index in [1.54, 1.807) is 7.05 Å². The number of hydrogen-bond donors (Lipinski definition) is 3. The molecule has 1 fully saturated rings. The molecule has 1 saturated carbocycles.